The van der Waals surface area contributed by atoms with Crippen molar-refractivity contribution in [1.82, 2.24) is 0 Å². The number of hydrogen-bond acceptors (Lipinski definition) is 3. The summed E-state index contributed by atoms with van der Waals surface area (Å²) in [4.78, 5) is 22.4. The van der Waals surface area contributed by atoms with Crippen LogP contribution in [0.15, 0.2) is 18.2 Å². The number of esters is 1. The molecule has 1 rings (SSSR count). The number of rotatable bonds is 3. The number of Topliss-reactive ketones (excluding diaryl/α,β-unsaturated/α-hetero) is 1. The molecule has 0 aliphatic heterocycles. The Morgan fingerprint density at radius 3 is 2.53 bits per heavy atom. The summed E-state index contributed by atoms with van der Waals surface area (Å²) in [6, 6.07) is 4.33. The molecular formula is C10H8Cl2O3. The quantitative estimate of drug-likeness (QED) is 0.468. The molecule has 0 radical (unpaired) electrons. The molecule has 0 saturated carbocycles. The van der Waals surface area contributed by atoms with Crippen molar-refractivity contribution in [2.24, 2.45) is 0 Å². The normalized spacial score (nSPS) is 9.80. The Kier molecular flexibility index (Phi) is 4.12. The zero-order chi connectivity index (χ0) is 11.4. The summed E-state index contributed by atoms with van der Waals surface area (Å²) in [7, 11) is 1.26. The molecule has 15 heavy (non-hydrogen) atoms. The lowest BCUT2D eigenvalue weighted by Crippen LogP contribution is -2.05. The van der Waals surface area contributed by atoms with Crippen LogP contribution in [0.1, 0.15) is 20.7 Å². The molecule has 0 unspecified atom stereocenters. The molecule has 1 aromatic carbocycles. The Hall–Kier alpha value is -1.06. The molecule has 0 N–H and O–H groups in total. The molecule has 0 atom stereocenters. The van der Waals surface area contributed by atoms with Gasteiger partial charge in [-0.1, -0.05) is 17.7 Å². The predicted molar refractivity (Wildman–Crippen MR) is 57.8 cm³/mol. The van der Waals surface area contributed by atoms with Crippen LogP contribution in [0.25, 0.3) is 0 Å². The second-order valence-electron chi connectivity index (χ2n) is 2.74. The van der Waals surface area contributed by atoms with Crippen molar-refractivity contribution in [1.29, 1.82) is 0 Å². The number of carbonyl (C=O) groups is 2. The summed E-state index contributed by atoms with van der Waals surface area (Å²) in [6.07, 6.45) is 0. The van der Waals surface area contributed by atoms with Gasteiger partial charge in [0, 0.05) is 5.56 Å². The summed E-state index contributed by atoms with van der Waals surface area (Å²) >= 11 is 11.2. The molecule has 80 valence electrons. The van der Waals surface area contributed by atoms with Gasteiger partial charge in [0.15, 0.2) is 5.78 Å². The van der Waals surface area contributed by atoms with Crippen LogP contribution in [0.5, 0.6) is 0 Å². The van der Waals surface area contributed by atoms with Crippen LogP contribution >= 0.6 is 23.2 Å². The van der Waals surface area contributed by atoms with Crippen molar-refractivity contribution in [3.05, 3.63) is 34.3 Å². The molecular weight excluding hydrogens is 239 g/mol. The number of ether oxygens (including phenoxy) is 1. The monoisotopic (exact) mass is 246 g/mol. The van der Waals surface area contributed by atoms with E-state index in [0.717, 1.165) is 0 Å². The highest BCUT2D eigenvalue weighted by molar-refractivity contribution is 6.35. The number of methoxy groups -OCH3 is 1. The van der Waals surface area contributed by atoms with Gasteiger partial charge in [-0.15, -0.1) is 11.6 Å². The summed E-state index contributed by atoms with van der Waals surface area (Å²) in [6.45, 7) is 0. The maximum Gasteiger partial charge on any atom is 0.339 e. The second kappa shape index (κ2) is 5.14. The number of hydrogen-bond donors (Lipinski definition) is 0. The first-order chi connectivity index (χ1) is 7.10. The topological polar surface area (TPSA) is 43.4 Å². The van der Waals surface area contributed by atoms with E-state index >= 15 is 0 Å². The van der Waals surface area contributed by atoms with Crippen LogP contribution in [0, 0.1) is 0 Å². The Bertz CT molecular complexity index is 402. The van der Waals surface area contributed by atoms with Gasteiger partial charge >= 0.3 is 5.97 Å². The number of halogens is 2. The first kappa shape index (κ1) is 12.0. The first-order valence-electron chi connectivity index (χ1n) is 4.07. The van der Waals surface area contributed by atoms with Crippen molar-refractivity contribution in [2.75, 3.05) is 13.0 Å². The van der Waals surface area contributed by atoms with E-state index in [0.29, 0.717) is 5.56 Å². The summed E-state index contributed by atoms with van der Waals surface area (Å²) < 4.78 is 4.51. The molecule has 0 spiro atoms. The number of benzene rings is 1. The molecule has 0 aliphatic rings. The molecule has 0 fully saturated rings. The van der Waals surface area contributed by atoms with E-state index in [1.165, 1.54) is 25.3 Å². The summed E-state index contributed by atoms with van der Waals surface area (Å²) in [5, 5.41) is 0.179. The van der Waals surface area contributed by atoms with E-state index in [2.05, 4.69) is 4.74 Å². The fraction of sp³-hybridized carbons (Fsp3) is 0.200. The molecule has 0 heterocycles. The Morgan fingerprint density at radius 1 is 1.40 bits per heavy atom. The minimum absolute atomic E-state index is 0.117. The average Bonchev–Trinajstić information content (AvgIpc) is 2.26. The summed E-state index contributed by atoms with van der Waals surface area (Å²) in [5.41, 5.74) is 0.605. The van der Waals surface area contributed by atoms with Gasteiger partial charge in [0.25, 0.3) is 0 Å². The van der Waals surface area contributed by atoms with Crippen molar-refractivity contribution < 1.29 is 14.3 Å². The van der Waals surface area contributed by atoms with Crippen molar-refractivity contribution in [2.45, 2.75) is 0 Å². The van der Waals surface area contributed by atoms with Crippen LogP contribution in [-0.4, -0.2) is 24.7 Å². The standard InChI is InChI=1S/C10H8Cl2O3/c1-15-10(14)7-3-2-6(4-8(7)12)9(13)5-11/h2-4H,5H2,1H3. The molecule has 0 aromatic heterocycles. The van der Waals surface area contributed by atoms with Crippen LogP contribution in [0.4, 0.5) is 0 Å². The molecule has 0 aliphatic carbocycles. The van der Waals surface area contributed by atoms with E-state index < -0.39 is 5.97 Å². The zero-order valence-electron chi connectivity index (χ0n) is 7.92. The van der Waals surface area contributed by atoms with E-state index in [1.807, 2.05) is 0 Å². The van der Waals surface area contributed by atoms with Gasteiger partial charge in [-0.25, -0.2) is 4.79 Å². The van der Waals surface area contributed by atoms with E-state index in [4.69, 9.17) is 23.2 Å². The van der Waals surface area contributed by atoms with Crippen LogP contribution in [0.2, 0.25) is 5.02 Å². The Labute approximate surface area is 96.9 Å². The van der Waals surface area contributed by atoms with Gasteiger partial charge in [0.1, 0.15) is 0 Å². The van der Waals surface area contributed by atoms with Gasteiger partial charge in [-0.05, 0) is 12.1 Å². The van der Waals surface area contributed by atoms with E-state index in [1.54, 1.807) is 0 Å². The Balaban J connectivity index is 3.08. The van der Waals surface area contributed by atoms with Gasteiger partial charge in [0.05, 0.1) is 23.6 Å². The smallest absolute Gasteiger partial charge is 0.339 e. The number of alkyl halides is 1. The first-order valence-corrected chi connectivity index (χ1v) is 4.98. The van der Waals surface area contributed by atoms with Gasteiger partial charge in [-0.3, -0.25) is 4.79 Å². The lowest BCUT2D eigenvalue weighted by molar-refractivity contribution is 0.0600. The van der Waals surface area contributed by atoms with E-state index in [9.17, 15) is 9.59 Å². The molecule has 1 aromatic rings. The molecule has 5 heteroatoms. The lowest BCUT2D eigenvalue weighted by Gasteiger charge is -2.03. The fourth-order valence-electron chi connectivity index (χ4n) is 1.04. The molecule has 0 amide bonds. The minimum atomic E-state index is -0.537. The minimum Gasteiger partial charge on any atom is -0.465 e. The van der Waals surface area contributed by atoms with Gasteiger partial charge in [0.2, 0.25) is 0 Å². The summed E-state index contributed by atoms with van der Waals surface area (Å²) in [5.74, 6) is -0.895. The molecule has 0 bridgehead atoms. The van der Waals surface area contributed by atoms with Crippen LogP contribution in [0.3, 0.4) is 0 Å². The largest absolute Gasteiger partial charge is 0.465 e. The van der Waals surface area contributed by atoms with Crippen LogP contribution in [-0.2, 0) is 4.74 Å². The fourth-order valence-corrected chi connectivity index (χ4v) is 1.45. The highest BCUT2D eigenvalue weighted by Crippen LogP contribution is 2.19. The van der Waals surface area contributed by atoms with Gasteiger partial charge in [-0.2, -0.15) is 0 Å². The lowest BCUT2D eigenvalue weighted by atomic mass is 10.1. The van der Waals surface area contributed by atoms with Crippen molar-refractivity contribution in [3.63, 3.8) is 0 Å². The second-order valence-corrected chi connectivity index (χ2v) is 3.42. The maximum atomic E-state index is 11.2. The molecule has 3 nitrogen and oxygen atoms in total. The maximum absolute atomic E-state index is 11.2. The Morgan fingerprint density at radius 2 is 2.07 bits per heavy atom. The van der Waals surface area contributed by atoms with Crippen LogP contribution < -0.4 is 0 Å². The third kappa shape index (κ3) is 2.70. The van der Waals surface area contributed by atoms with Crippen molar-refractivity contribution >= 4 is 35.0 Å². The number of ketones is 1. The average molecular weight is 247 g/mol. The zero-order valence-corrected chi connectivity index (χ0v) is 9.43. The SMILES string of the molecule is COC(=O)c1ccc(C(=O)CCl)cc1Cl. The van der Waals surface area contributed by atoms with Gasteiger partial charge < -0.3 is 4.74 Å². The van der Waals surface area contributed by atoms with E-state index in [-0.39, 0.29) is 22.2 Å². The highest BCUT2D eigenvalue weighted by atomic mass is 35.5. The molecule has 0 saturated heterocycles. The van der Waals surface area contributed by atoms with Crippen molar-refractivity contribution in [3.8, 4) is 0 Å². The third-order valence-electron chi connectivity index (χ3n) is 1.82. The highest BCUT2D eigenvalue weighted by Gasteiger charge is 2.13. The third-order valence-corrected chi connectivity index (χ3v) is 2.37. The predicted octanol–water partition coefficient (Wildman–Crippen LogP) is 2.55. The number of carbonyl (C=O) groups excluding carboxylic acids is 2.